The van der Waals surface area contributed by atoms with E-state index in [0.29, 0.717) is 24.4 Å². The highest BCUT2D eigenvalue weighted by atomic mass is 16.3. The van der Waals surface area contributed by atoms with Gasteiger partial charge in [-0.25, -0.2) is 0 Å². The lowest BCUT2D eigenvalue weighted by atomic mass is 9.86. The van der Waals surface area contributed by atoms with Crippen LogP contribution in [0.1, 0.15) is 52.4 Å². The summed E-state index contributed by atoms with van der Waals surface area (Å²) in [6, 6.07) is 0.381. The number of hydrogen-bond acceptors (Lipinski definition) is 3. The summed E-state index contributed by atoms with van der Waals surface area (Å²) in [7, 11) is 0. The van der Waals surface area contributed by atoms with Crippen molar-refractivity contribution in [2.45, 2.75) is 64.5 Å². The Kier molecular flexibility index (Phi) is 5.85. The Morgan fingerprint density at radius 2 is 1.90 bits per heavy atom. The number of aliphatic hydroxyl groups excluding tert-OH is 1. The van der Waals surface area contributed by atoms with Gasteiger partial charge in [-0.2, -0.15) is 0 Å². The zero-order valence-electron chi connectivity index (χ0n) is 13.0. The molecule has 1 aliphatic carbocycles. The quantitative estimate of drug-likeness (QED) is 0.826. The smallest absolute Gasteiger partial charge is 0.234 e. The van der Waals surface area contributed by atoms with E-state index in [2.05, 4.69) is 17.1 Å². The third-order valence-corrected chi connectivity index (χ3v) is 5.14. The maximum atomic E-state index is 12.1. The summed E-state index contributed by atoms with van der Waals surface area (Å²) in [5.41, 5.74) is 0. The van der Waals surface area contributed by atoms with Gasteiger partial charge in [0.2, 0.25) is 5.91 Å². The van der Waals surface area contributed by atoms with Crippen LogP contribution in [0.5, 0.6) is 0 Å². The van der Waals surface area contributed by atoms with Crippen LogP contribution in [0.15, 0.2) is 0 Å². The highest BCUT2D eigenvalue weighted by Crippen LogP contribution is 2.24. The lowest BCUT2D eigenvalue weighted by molar-refractivity contribution is -0.124. The van der Waals surface area contributed by atoms with E-state index in [-0.39, 0.29) is 12.0 Å². The normalized spacial score (nSPS) is 30.9. The molecular weight excluding hydrogens is 252 g/mol. The van der Waals surface area contributed by atoms with Crippen molar-refractivity contribution in [1.82, 2.24) is 10.2 Å². The van der Waals surface area contributed by atoms with E-state index in [1.165, 1.54) is 19.3 Å². The molecule has 1 aliphatic heterocycles. The Balaban J connectivity index is 1.70. The fourth-order valence-electron chi connectivity index (χ4n) is 3.58. The number of amides is 1. The number of rotatable bonds is 4. The Labute approximate surface area is 122 Å². The number of aliphatic hydroxyl groups is 1. The lowest BCUT2D eigenvalue weighted by Crippen LogP contribution is -2.47. The van der Waals surface area contributed by atoms with E-state index >= 15 is 0 Å². The molecular formula is C16H30N2O2. The van der Waals surface area contributed by atoms with Crippen LogP contribution in [-0.2, 0) is 4.79 Å². The number of likely N-dealkylation sites (tertiary alicyclic amines) is 1. The largest absolute Gasteiger partial charge is 0.393 e. The molecule has 0 aromatic rings. The van der Waals surface area contributed by atoms with Crippen molar-refractivity contribution in [3.63, 3.8) is 0 Å². The zero-order valence-corrected chi connectivity index (χ0v) is 13.0. The number of piperidine rings is 1. The lowest BCUT2D eigenvalue weighted by Gasteiger charge is -2.34. The van der Waals surface area contributed by atoms with Gasteiger partial charge < -0.3 is 10.4 Å². The van der Waals surface area contributed by atoms with E-state index in [1.807, 2.05) is 6.92 Å². The van der Waals surface area contributed by atoms with Crippen LogP contribution in [0.4, 0.5) is 0 Å². The topological polar surface area (TPSA) is 52.6 Å². The standard InChI is InChI=1S/C16H30N2O2/c1-12-5-3-4-6-15(12)17-16(20)11-18-9-7-14(8-10-18)13(2)19/h12-15,19H,3-11H2,1-2H3,(H,17,20). The molecule has 2 fully saturated rings. The zero-order chi connectivity index (χ0) is 14.5. The molecule has 116 valence electrons. The first kappa shape index (κ1) is 15.8. The second kappa shape index (κ2) is 7.41. The van der Waals surface area contributed by atoms with Crippen molar-refractivity contribution >= 4 is 5.91 Å². The van der Waals surface area contributed by atoms with Gasteiger partial charge >= 0.3 is 0 Å². The minimum Gasteiger partial charge on any atom is -0.393 e. The van der Waals surface area contributed by atoms with Gasteiger partial charge in [-0.15, -0.1) is 0 Å². The predicted molar refractivity (Wildman–Crippen MR) is 80.4 cm³/mol. The van der Waals surface area contributed by atoms with Crippen LogP contribution in [-0.4, -0.2) is 47.7 Å². The number of nitrogens with zero attached hydrogens (tertiary/aromatic N) is 1. The van der Waals surface area contributed by atoms with Crippen molar-refractivity contribution in [1.29, 1.82) is 0 Å². The molecule has 0 aromatic heterocycles. The molecule has 3 unspecified atom stereocenters. The van der Waals surface area contributed by atoms with Crippen molar-refractivity contribution in [2.75, 3.05) is 19.6 Å². The molecule has 1 amide bonds. The number of carbonyl (C=O) groups excluding carboxylic acids is 1. The van der Waals surface area contributed by atoms with Gasteiger partial charge in [0.25, 0.3) is 0 Å². The molecule has 2 rings (SSSR count). The Hall–Kier alpha value is -0.610. The monoisotopic (exact) mass is 282 g/mol. The molecule has 1 saturated carbocycles. The summed E-state index contributed by atoms with van der Waals surface area (Å²) in [5.74, 6) is 1.21. The molecule has 0 bridgehead atoms. The van der Waals surface area contributed by atoms with Gasteiger partial charge in [0.05, 0.1) is 12.6 Å². The fourth-order valence-corrected chi connectivity index (χ4v) is 3.58. The Morgan fingerprint density at radius 1 is 1.25 bits per heavy atom. The SMILES string of the molecule is CC(O)C1CCN(CC(=O)NC2CCCCC2C)CC1. The van der Waals surface area contributed by atoms with E-state index < -0.39 is 0 Å². The van der Waals surface area contributed by atoms with E-state index in [4.69, 9.17) is 0 Å². The van der Waals surface area contributed by atoms with Gasteiger partial charge in [-0.3, -0.25) is 9.69 Å². The van der Waals surface area contributed by atoms with Crippen molar-refractivity contribution < 1.29 is 9.90 Å². The van der Waals surface area contributed by atoms with Crippen molar-refractivity contribution in [3.8, 4) is 0 Å². The third-order valence-electron chi connectivity index (χ3n) is 5.14. The first-order chi connectivity index (χ1) is 9.56. The van der Waals surface area contributed by atoms with Crippen molar-refractivity contribution in [2.24, 2.45) is 11.8 Å². The number of hydrogen-bond donors (Lipinski definition) is 2. The summed E-state index contributed by atoms with van der Waals surface area (Å²) in [4.78, 5) is 14.4. The molecule has 3 atom stereocenters. The molecule has 4 nitrogen and oxygen atoms in total. The first-order valence-corrected chi connectivity index (χ1v) is 8.26. The number of nitrogens with one attached hydrogen (secondary N) is 1. The Bertz CT molecular complexity index is 312. The molecule has 0 radical (unpaired) electrons. The van der Waals surface area contributed by atoms with Gasteiger partial charge in [-0.1, -0.05) is 19.8 Å². The minimum absolute atomic E-state index is 0.180. The molecule has 1 saturated heterocycles. The average molecular weight is 282 g/mol. The van der Waals surface area contributed by atoms with Crippen molar-refractivity contribution in [3.05, 3.63) is 0 Å². The average Bonchev–Trinajstić information content (AvgIpc) is 2.42. The molecule has 0 spiro atoms. The third kappa shape index (κ3) is 4.45. The molecule has 4 heteroatoms. The highest BCUT2D eigenvalue weighted by Gasteiger charge is 2.26. The van der Waals surface area contributed by atoms with Gasteiger partial charge in [0, 0.05) is 6.04 Å². The maximum Gasteiger partial charge on any atom is 0.234 e. The van der Waals surface area contributed by atoms with E-state index in [9.17, 15) is 9.90 Å². The van der Waals surface area contributed by atoms with Crippen LogP contribution in [0.2, 0.25) is 0 Å². The summed E-state index contributed by atoms with van der Waals surface area (Å²) in [5, 5.41) is 12.8. The minimum atomic E-state index is -0.214. The summed E-state index contributed by atoms with van der Waals surface area (Å²) < 4.78 is 0. The number of carbonyl (C=O) groups is 1. The molecule has 0 aromatic carbocycles. The van der Waals surface area contributed by atoms with Gasteiger partial charge in [-0.05, 0) is 57.5 Å². The summed E-state index contributed by atoms with van der Waals surface area (Å²) in [6.07, 6.45) is 6.72. The predicted octanol–water partition coefficient (Wildman–Crippen LogP) is 1.77. The van der Waals surface area contributed by atoms with Crippen LogP contribution >= 0.6 is 0 Å². The highest BCUT2D eigenvalue weighted by molar-refractivity contribution is 5.78. The molecule has 2 aliphatic rings. The second-order valence-electron chi connectivity index (χ2n) is 6.79. The maximum absolute atomic E-state index is 12.1. The van der Waals surface area contributed by atoms with Crippen LogP contribution in [0.3, 0.4) is 0 Å². The fraction of sp³-hybridized carbons (Fsp3) is 0.938. The Morgan fingerprint density at radius 3 is 2.50 bits per heavy atom. The molecule has 2 N–H and O–H groups in total. The molecule has 20 heavy (non-hydrogen) atoms. The summed E-state index contributed by atoms with van der Waals surface area (Å²) in [6.45, 7) is 6.51. The van der Waals surface area contributed by atoms with Gasteiger partial charge in [0.1, 0.15) is 0 Å². The van der Waals surface area contributed by atoms with Crippen LogP contribution in [0, 0.1) is 11.8 Å². The van der Waals surface area contributed by atoms with E-state index in [0.717, 1.165) is 32.4 Å². The van der Waals surface area contributed by atoms with Gasteiger partial charge in [0.15, 0.2) is 0 Å². The second-order valence-corrected chi connectivity index (χ2v) is 6.79. The van der Waals surface area contributed by atoms with Crippen LogP contribution < -0.4 is 5.32 Å². The van der Waals surface area contributed by atoms with Crippen LogP contribution in [0.25, 0.3) is 0 Å². The molecule has 1 heterocycles. The summed E-state index contributed by atoms with van der Waals surface area (Å²) >= 11 is 0. The first-order valence-electron chi connectivity index (χ1n) is 8.26. The van der Waals surface area contributed by atoms with E-state index in [1.54, 1.807) is 0 Å².